The summed E-state index contributed by atoms with van der Waals surface area (Å²) in [5.74, 6) is 0.900. The second-order valence-corrected chi connectivity index (χ2v) is 7.78. The average Bonchev–Trinajstić information content (AvgIpc) is 2.53. The quantitative estimate of drug-likeness (QED) is 0.917. The molecule has 1 amide bonds. The third-order valence-electron chi connectivity index (χ3n) is 4.26. The van der Waals surface area contributed by atoms with Gasteiger partial charge < -0.3 is 14.7 Å². The van der Waals surface area contributed by atoms with Gasteiger partial charge in [-0.15, -0.1) is 0 Å². The smallest absolute Gasteiger partial charge is 0.410 e. The highest BCUT2D eigenvalue weighted by Crippen LogP contribution is 2.29. The number of aromatic nitrogens is 2. The molecule has 1 aromatic rings. The van der Waals surface area contributed by atoms with E-state index in [4.69, 9.17) is 4.74 Å². The number of carbonyl (C=O) groups is 1. The van der Waals surface area contributed by atoms with Crippen molar-refractivity contribution in [3.63, 3.8) is 0 Å². The van der Waals surface area contributed by atoms with E-state index in [0.29, 0.717) is 24.8 Å². The molecule has 1 N–H and O–H groups in total. The number of hydrogen-bond acceptors (Lipinski definition) is 5. The number of ether oxygens (including phenoxy) is 1. The van der Waals surface area contributed by atoms with E-state index in [-0.39, 0.29) is 12.0 Å². The molecule has 0 saturated carbocycles. The second-order valence-electron chi connectivity index (χ2n) is 7.78. The highest BCUT2D eigenvalue weighted by atomic mass is 16.6. The molecule has 2 rings (SSSR count). The van der Waals surface area contributed by atoms with Crippen molar-refractivity contribution in [1.82, 2.24) is 14.9 Å². The van der Waals surface area contributed by atoms with E-state index < -0.39 is 11.7 Å². The summed E-state index contributed by atoms with van der Waals surface area (Å²) in [4.78, 5) is 22.4. The summed E-state index contributed by atoms with van der Waals surface area (Å²) in [5, 5.41) is 10.5. The van der Waals surface area contributed by atoms with Crippen molar-refractivity contribution >= 4 is 6.09 Å². The van der Waals surface area contributed by atoms with Crippen molar-refractivity contribution < 1.29 is 14.6 Å². The van der Waals surface area contributed by atoms with Crippen LogP contribution < -0.4 is 0 Å². The van der Waals surface area contributed by atoms with Gasteiger partial charge in [-0.3, -0.25) is 0 Å². The lowest BCUT2D eigenvalue weighted by Gasteiger charge is -2.34. The maximum Gasteiger partial charge on any atom is 0.410 e. The molecule has 0 bridgehead atoms. The van der Waals surface area contributed by atoms with Crippen LogP contribution in [0.2, 0.25) is 0 Å². The Hall–Kier alpha value is -1.69. The highest BCUT2D eigenvalue weighted by molar-refractivity contribution is 5.68. The first-order valence-electron chi connectivity index (χ1n) is 8.65. The number of hydrogen-bond donors (Lipinski definition) is 1. The highest BCUT2D eigenvalue weighted by Gasteiger charge is 2.31. The van der Waals surface area contributed by atoms with Crippen molar-refractivity contribution in [2.45, 2.75) is 65.1 Å². The number of aliphatic hydroxyl groups excluding tert-OH is 1. The molecule has 1 aliphatic heterocycles. The second kappa shape index (κ2) is 7.47. The summed E-state index contributed by atoms with van der Waals surface area (Å²) in [6, 6.07) is 0. The first-order chi connectivity index (χ1) is 11.2. The number of amides is 1. The van der Waals surface area contributed by atoms with Crippen LogP contribution in [0.3, 0.4) is 0 Å². The Labute approximate surface area is 144 Å². The Morgan fingerprint density at radius 3 is 2.25 bits per heavy atom. The molecule has 0 radical (unpaired) electrons. The summed E-state index contributed by atoms with van der Waals surface area (Å²) < 4.78 is 5.39. The Kier molecular flexibility index (Phi) is 5.80. The zero-order valence-corrected chi connectivity index (χ0v) is 15.3. The molecule has 1 unspecified atom stereocenters. The molecule has 1 atom stereocenters. The van der Waals surface area contributed by atoms with Crippen LogP contribution in [0.25, 0.3) is 0 Å². The maximum atomic E-state index is 12.1. The van der Waals surface area contributed by atoms with Crippen LogP contribution in [0.5, 0.6) is 0 Å². The zero-order valence-electron chi connectivity index (χ0n) is 15.3. The van der Waals surface area contributed by atoms with Crippen molar-refractivity contribution in [2.24, 2.45) is 5.92 Å². The lowest BCUT2D eigenvalue weighted by Crippen LogP contribution is -2.42. The largest absolute Gasteiger partial charge is 0.444 e. The standard InChI is InChI=1S/C18H29N3O3/c1-12(2)14-10-19-16(20-11-14)15(22)13-6-8-21(9-7-13)17(23)24-18(3,4)5/h10-13,15,22H,6-9H2,1-5H3. The molecule has 134 valence electrons. The first kappa shape index (κ1) is 18.6. The number of nitrogens with zero attached hydrogens (tertiary/aromatic N) is 3. The van der Waals surface area contributed by atoms with E-state index in [0.717, 1.165) is 18.4 Å². The lowest BCUT2D eigenvalue weighted by atomic mass is 9.91. The number of piperidine rings is 1. The van der Waals surface area contributed by atoms with Gasteiger partial charge in [-0.2, -0.15) is 0 Å². The minimum atomic E-state index is -0.688. The van der Waals surface area contributed by atoms with Gasteiger partial charge in [0.05, 0.1) is 0 Å². The number of rotatable bonds is 3. The third-order valence-corrected chi connectivity index (χ3v) is 4.26. The summed E-state index contributed by atoms with van der Waals surface area (Å²) in [6.45, 7) is 10.9. The van der Waals surface area contributed by atoms with Crippen LogP contribution in [0.15, 0.2) is 12.4 Å². The SMILES string of the molecule is CC(C)c1cnc(C(O)C2CCN(C(=O)OC(C)(C)C)CC2)nc1. The van der Waals surface area contributed by atoms with Gasteiger partial charge in [0.15, 0.2) is 5.82 Å². The lowest BCUT2D eigenvalue weighted by molar-refractivity contribution is 0.00653. The zero-order chi connectivity index (χ0) is 17.9. The van der Waals surface area contributed by atoms with Crippen LogP contribution >= 0.6 is 0 Å². The van der Waals surface area contributed by atoms with Gasteiger partial charge in [0.25, 0.3) is 0 Å². The molecule has 6 heteroatoms. The van der Waals surface area contributed by atoms with Crippen molar-refractivity contribution in [1.29, 1.82) is 0 Å². The molecule has 0 spiro atoms. The molecule has 6 nitrogen and oxygen atoms in total. The predicted molar refractivity (Wildman–Crippen MR) is 91.6 cm³/mol. The number of carbonyl (C=O) groups excluding carboxylic acids is 1. The van der Waals surface area contributed by atoms with E-state index in [1.54, 1.807) is 17.3 Å². The fraction of sp³-hybridized carbons (Fsp3) is 0.722. The fourth-order valence-corrected chi connectivity index (χ4v) is 2.73. The molecular weight excluding hydrogens is 306 g/mol. The van der Waals surface area contributed by atoms with Crippen LogP contribution in [0.4, 0.5) is 4.79 Å². The van der Waals surface area contributed by atoms with Gasteiger partial charge in [-0.05, 0) is 51.0 Å². The van der Waals surface area contributed by atoms with Crippen molar-refractivity contribution in [3.8, 4) is 0 Å². The average molecular weight is 335 g/mol. The molecule has 2 heterocycles. The van der Waals surface area contributed by atoms with Gasteiger partial charge in [0.1, 0.15) is 11.7 Å². The summed E-state index contributed by atoms with van der Waals surface area (Å²) in [7, 11) is 0. The molecular formula is C18H29N3O3. The van der Waals surface area contributed by atoms with E-state index >= 15 is 0 Å². The number of aliphatic hydroxyl groups is 1. The van der Waals surface area contributed by atoms with Crippen LogP contribution in [0, 0.1) is 5.92 Å². The van der Waals surface area contributed by atoms with Crippen LogP contribution in [0.1, 0.15) is 70.9 Å². The molecule has 0 aliphatic carbocycles. The summed E-state index contributed by atoms with van der Waals surface area (Å²) in [6.07, 6.45) is 4.03. The van der Waals surface area contributed by atoms with E-state index in [2.05, 4.69) is 23.8 Å². The van der Waals surface area contributed by atoms with Crippen molar-refractivity contribution in [3.05, 3.63) is 23.8 Å². The van der Waals surface area contributed by atoms with E-state index in [1.165, 1.54) is 0 Å². The molecule has 24 heavy (non-hydrogen) atoms. The topological polar surface area (TPSA) is 75.6 Å². The van der Waals surface area contributed by atoms with E-state index in [9.17, 15) is 9.90 Å². The normalized spacial score (nSPS) is 17.9. The molecule has 1 aliphatic rings. The molecule has 0 aromatic carbocycles. The first-order valence-corrected chi connectivity index (χ1v) is 8.65. The van der Waals surface area contributed by atoms with Gasteiger partial charge in [0, 0.05) is 25.5 Å². The predicted octanol–water partition coefficient (Wildman–Crippen LogP) is 3.28. The van der Waals surface area contributed by atoms with Gasteiger partial charge >= 0.3 is 6.09 Å². The van der Waals surface area contributed by atoms with E-state index in [1.807, 2.05) is 20.8 Å². The Morgan fingerprint density at radius 1 is 1.25 bits per heavy atom. The van der Waals surface area contributed by atoms with Gasteiger partial charge in [-0.25, -0.2) is 14.8 Å². The molecule has 1 fully saturated rings. The Balaban J connectivity index is 1.90. The monoisotopic (exact) mass is 335 g/mol. The maximum absolute atomic E-state index is 12.1. The van der Waals surface area contributed by atoms with Crippen LogP contribution in [-0.4, -0.2) is 44.8 Å². The summed E-state index contributed by atoms with van der Waals surface area (Å²) in [5.41, 5.74) is 0.574. The molecule has 1 aromatic heterocycles. The fourth-order valence-electron chi connectivity index (χ4n) is 2.73. The minimum absolute atomic E-state index is 0.0635. The van der Waals surface area contributed by atoms with Gasteiger partial charge in [0.2, 0.25) is 0 Å². The Bertz CT molecular complexity index is 544. The molecule has 1 saturated heterocycles. The minimum Gasteiger partial charge on any atom is -0.444 e. The third kappa shape index (κ3) is 4.90. The summed E-state index contributed by atoms with van der Waals surface area (Å²) >= 11 is 0. The number of likely N-dealkylation sites (tertiary alicyclic amines) is 1. The Morgan fingerprint density at radius 2 is 1.79 bits per heavy atom. The van der Waals surface area contributed by atoms with Crippen molar-refractivity contribution in [2.75, 3.05) is 13.1 Å². The van der Waals surface area contributed by atoms with Crippen LogP contribution in [-0.2, 0) is 4.74 Å². The van der Waals surface area contributed by atoms with Gasteiger partial charge in [-0.1, -0.05) is 13.8 Å².